The van der Waals surface area contributed by atoms with Crippen LogP contribution < -0.4 is 0 Å². The Morgan fingerprint density at radius 1 is 1.00 bits per heavy atom. The van der Waals surface area contributed by atoms with Gasteiger partial charge in [-0.05, 0) is 17.3 Å². The van der Waals surface area contributed by atoms with Crippen molar-refractivity contribution in [1.29, 1.82) is 0 Å². The van der Waals surface area contributed by atoms with Crippen LogP contribution in [0.2, 0.25) is 0 Å². The topological polar surface area (TPSA) is 29.5 Å². The van der Waals surface area contributed by atoms with Gasteiger partial charge in [-0.2, -0.15) is 0 Å². The van der Waals surface area contributed by atoms with Crippen molar-refractivity contribution in [3.8, 4) is 0 Å². The molecule has 1 fully saturated rings. The minimum absolute atomic E-state index is 0.0460. The second-order valence-corrected chi connectivity index (χ2v) is 8.22. The zero-order valence-corrected chi connectivity index (χ0v) is 13.8. The van der Waals surface area contributed by atoms with E-state index in [0.717, 1.165) is 19.5 Å². The summed E-state index contributed by atoms with van der Waals surface area (Å²) in [5.74, 6) is 0.290. The van der Waals surface area contributed by atoms with Crippen molar-refractivity contribution in [1.82, 2.24) is 4.90 Å². The molecule has 3 nitrogen and oxygen atoms in total. The maximum absolute atomic E-state index is 13.0. The van der Waals surface area contributed by atoms with Gasteiger partial charge in [0.2, 0.25) is 5.91 Å². The van der Waals surface area contributed by atoms with Gasteiger partial charge in [0.25, 0.3) is 0 Å². The Kier molecular flexibility index (Phi) is 4.71. The van der Waals surface area contributed by atoms with Gasteiger partial charge in [-0.1, -0.05) is 48.5 Å². The van der Waals surface area contributed by atoms with Crippen LogP contribution in [0.1, 0.15) is 54.9 Å². The highest BCUT2D eigenvalue weighted by Gasteiger charge is 2.48. The number of hydrogen-bond acceptors (Lipinski definition) is 2. The summed E-state index contributed by atoms with van der Waals surface area (Å²) in [4.78, 5) is 15.0. The fourth-order valence-corrected chi connectivity index (χ4v) is 2.84. The highest BCUT2D eigenvalue weighted by Crippen LogP contribution is 2.47. The molecule has 1 saturated heterocycles. The maximum Gasteiger partial charge on any atom is 0.229 e. The molecular formula is C16H31NO2. The van der Waals surface area contributed by atoms with Gasteiger partial charge in [0.1, 0.15) is 0 Å². The Balaban J connectivity index is 2.99. The summed E-state index contributed by atoms with van der Waals surface area (Å²) in [5, 5.41) is 0. The van der Waals surface area contributed by atoms with E-state index < -0.39 is 0 Å². The van der Waals surface area contributed by atoms with Crippen LogP contribution in [0.5, 0.6) is 0 Å². The predicted octanol–water partition coefficient (Wildman–Crippen LogP) is 3.33. The molecule has 1 rings (SSSR count). The van der Waals surface area contributed by atoms with Crippen LogP contribution in [0, 0.1) is 16.2 Å². The summed E-state index contributed by atoms with van der Waals surface area (Å²) >= 11 is 0. The minimum Gasteiger partial charge on any atom is -0.378 e. The Morgan fingerprint density at radius 3 is 1.84 bits per heavy atom. The van der Waals surface area contributed by atoms with Crippen molar-refractivity contribution in [2.24, 2.45) is 16.2 Å². The van der Waals surface area contributed by atoms with E-state index >= 15 is 0 Å². The van der Waals surface area contributed by atoms with Crippen LogP contribution >= 0.6 is 0 Å². The van der Waals surface area contributed by atoms with E-state index in [4.69, 9.17) is 4.74 Å². The number of morpholine rings is 1. The molecule has 19 heavy (non-hydrogen) atoms. The minimum atomic E-state index is -0.331. The fourth-order valence-electron chi connectivity index (χ4n) is 2.84. The van der Waals surface area contributed by atoms with Crippen LogP contribution in [-0.4, -0.2) is 37.1 Å². The molecule has 0 aromatic carbocycles. The second-order valence-electron chi connectivity index (χ2n) is 8.22. The van der Waals surface area contributed by atoms with Gasteiger partial charge in [-0.15, -0.1) is 0 Å². The zero-order valence-electron chi connectivity index (χ0n) is 13.8. The summed E-state index contributed by atoms with van der Waals surface area (Å²) < 4.78 is 5.36. The Hall–Kier alpha value is -0.570. The molecule has 112 valence electrons. The number of ether oxygens (including phenoxy) is 1. The van der Waals surface area contributed by atoms with Gasteiger partial charge >= 0.3 is 0 Å². The van der Waals surface area contributed by atoms with Crippen LogP contribution in [0.4, 0.5) is 0 Å². The first-order valence-electron chi connectivity index (χ1n) is 7.34. The van der Waals surface area contributed by atoms with Gasteiger partial charge in [0, 0.05) is 13.1 Å². The average molecular weight is 269 g/mol. The van der Waals surface area contributed by atoms with Gasteiger partial charge in [0.15, 0.2) is 0 Å². The molecule has 0 saturated carbocycles. The van der Waals surface area contributed by atoms with Crippen LogP contribution in [0.25, 0.3) is 0 Å². The molecule has 1 atom stereocenters. The maximum atomic E-state index is 13.0. The van der Waals surface area contributed by atoms with Crippen molar-refractivity contribution in [3.05, 3.63) is 0 Å². The van der Waals surface area contributed by atoms with E-state index in [1.165, 1.54) is 0 Å². The molecule has 0 spiro atoms. The first-order valence-corrected chi connectivity index (χ1v) is 7.34. The van der Waals surface area contributed by atoms with E-state index in [1.54, 1.807) is 0 Å². The quantitative estimate of drug-likeness (QED) is 0.769. The largest absolute Gasteiger partial charge is 0.378 e. The monoisotopic (exact) mass is 269 g/mol. The van der Waals surface area contributed by atoms with Gasteiger partial charge in [0.05, 0.1) is 18.6 Å². The highest BCUT2D eigenvalue weighted by atomic mass is 16.5. The third kappa shape index (κ3) is 3.95. The van der Waals surface area contributed by atoms with E-state index in [2.05, 4.69) is 48.5 Å². The number of carbonyl (C=O) groups is 1. The first-order chi connectivity index (χ1) is 8.47. The fraction of sp³-hybridized carbons (Fsp3) is 0.938. The molecule has 0 bridgehead atoms. The van der Waals surface area contributed by atoms with Crippen molar-refractivity contribution < 1.29 is 9.53 Å². The Bertz CT molecular complexity index is 319. The summed E-state index contributed by atoms with van der Waals surface area (Å²) in [7, 11) is 0. The lowest BCUT2D eigenvalue weighted by atomic mass is 9.60. The molecule has 0 N–H and O–H groups in total. The normalized spacial score (nSPS) is 21.1. The summed E-state index contributed by atoms with van der Waals surface area (Å²) in [6.07, 6.45) is 0.902. The number of nitrogens with zero attached hydrogens (tertiary/aromatic N) is 1. The smallest absolute Gasteiger partial charge is 0.229 e. The number of rotatable bonds is 2. The Labute approximate surface area is 118 Å². The standard InChI is InChI=1S/C16H31NO2/c1-14(2,3)12-16(7,15(4,5)6)13(18)17-8-10-19-11-9-17/h8-12H2,1-7H3. The lowest BCUT2D eigenvalue weighted by molar-refractivity contribution is -0.154. The molecule has 1 aliphatic rings. The van der Waals surface area contributed by atoms with Crippen molar-refractivity contribution in [2.75, 3.05) is 26.3 Å². The highest BCUT2D eigenvalue weighted by molar-refractivity contribution is 5.83. The Morgan fingerprint density at radius 2 is 1.47 bits per heavy atom. The predicted molar refractivity (Wildman–Crippen MR) is 79.0 cm³/mol. The van der Waals surface area contributed by atoms with E-state index in [1.807, 2.05) is 4.90 Å². The molecule has 1 amide bonds. The van der Waals surface area contributed by atoms with E-state index in [0.29, 0.717) is 19.1 Å². The van der Waals surface area contributed by atoms with Crippen LogP contribution in [-0.2, 0) is 9.53 Å². The van der Waals surface area contributed by atoms with Crippen LogP contribution in [0.15, 0.2) is 0 Å². The second kappa shape index (κ2) is 5.43. The van der Waals surface area contributed by atoms with Crippen LogP contribution in [0.3, 0.4) is 0 Å². The molecule has 0 radical (unpaired) electrons. The molecule has 3 heteroatoms. The lowest BCUT2D eigenvalue weighted by Gasteiger charge is -2.47. The van der Waals surface area contributed by atoms with Gasteiger partial charge in [-0.25, -0.2) is 0 Å². The summed E-state index contributed by atoms with van der Waals surface area (Å²) in [5.41, 5.74) is -0.234. The lowest BCUT2D eigenvalue weighted by Crippen LogP contribution is -2.53. The number of amides is 1. The average Bonchev–Trinajstić information content (AvgIpc) is 2.25. The van der Waals surface area contributed by atoms with Crippen molar-refractivity contribution in [2.45, 2.75) is 54.9 Å². The molecule has 0 aromatic heterocycles. The third-order valence-corrected chi connectivity index (χ3v) is 4.31. The number of hydrogen-bond donors (Lipinski definition) is 0. The SMILES string of the molecule is CC(C)(C)CC(C)(C(=O)N1CCOCC1)C(C)(C)C. The molecule has 0 aliphatic carbocycles. The van der Waals surface area contributed by atoms with Gasteiger partial charge in [-0.3, -0.25) is 4.79 Å². The third-order valence-electron chi connectivity index (χ3n) is 4.31. The van der Waals surface area contributed by atoms with E-state index in [9.17, 15) is 4.79 Å². The van der Waals surface area contributed by atoms with Crippen molar-refractivity contribution >= 4 is 5.91 Å². The number of carbonyl (C=O) groups excluding carboxylic acids is 1. The molecule has 1 unspecified atom stereocenters. The summed E-state index contributed by atoms with van der Waals surface area (Å²) in [6, 6.07) is 0. The molecule has 1 aliphatic heterocycles. The molecular weight excluding hydrogens is 238 g/mol. The first kappa shape index (κ1) is 16.5. The van der Waals surface area contributed by atoms with Crippen molar-refractivity contribution in [3.63, 3.8) is 0 Å². The summed E-state index contributed by atoms with van der Waals surface area (Å²) in [6.45, 7) is 18.1. The molecule has 0 aromatic rings. The zero-order chi connectivity index (χ0) is 14.9. The van der Waals surface area contributed by atoms with E-state index in [-0.39, 0.29) is 16.2 Å². The molecule has 1 heterocycles. The van der Waals surface area contributed by atoms with Gasteiger partial charge < -0.3 is 9.64 Å².